The van der Waals surface area contributed by atoms with E-state index in [4.69, 9.17) is 4.98 Å². The predicted octanol–water partition coefficient (Wildman–Crippen LogP) is 3.52. The van der Waals surface area contributed by atoms with Crippen molar-refractivity contribution in [3.8, 4) is 40.2 Å². The second kappa shape index (κ2) is 9.60. The summed E-state index contributed by atoms with van der Waals surface area (Å²) in [6.45, 7) is 2.47. The largest absolute Gasteiger partial charge is 0.353 e. The number of aryl methyl sites for hydroxylation is 1. The van der Waals surface area contributed by atoms with Crippen molar-refractivity contribution in [3.05, 3.63) is 84.6 Å². The van der Waals surface area contributed by atoms with Crippen molar-refractivity contribution in [1.29, 1.82) is 5.26 Å². The fourth-order valence-corrected chi connectivity index (χ4v) is 5.70. The molecule has 10 heteroatoms. The van der Waals surface area contributed by atoms with E-state index in [1.807, 2.05) is 31.8 Å². The van der Waals surface area contributed by atoms with Crippen LogP contribution >= 0.6 is 0 Å². The molecule has 8 heterocycles. The summed E-state index contributed by atoms with van der Waals surface area (Å²) >= 11 is 0. The Hall–Kier alpha value is -5.06. The molecule has 3 fully saturated rings. The average Bonchev–Trinajstić information content (AvgIpc) is 3.62. The first-order valence-electron chi connectivity index (χ1n) is 13.0. The Morgan fingerprint density at radius 2 is 1.82 bits per heavy atom. The highest BCUT2D eigenvalue weighted by atomic mass is 19.1. The molecule has 2 atom stereocenters. The average molecular weight is 530 g/mol. The van der Waals surface area contributed by atoms with E-state index in [9.17, 15) is 9.65 Å². The van der Waals surface area contributed by atoms with Crippen molar-refractivity contribution in [1.82, 2.24) is 34.3 Å². The van der Waals surface area contributed by atoms with Gasteiger partial charge in [0.05, 0.1) is 30.0 Å². The molecule has 2 unspecified atom stereocenters. The maximum absolute atomic E-state index is 13.0. The smallest absolute Gasteiger partial charge is 0.212 e. The van der Waals surface area contributed by atoms with Crippen LogP contribution in [0.25, 0.3) is 27.8 Å². The van der Waals surface area contributed by atoms with Crippen LogP contribution in [0.2, 0.25) is 0 Å². The quantitative estimate of drug-likeness (QED) is 0.260. The summed E-state index contributed by atoms with van der Waals surface area (Å²) in [5, 5.41) is 18.4. The molecule has 3 aliphatic heterocycles. The van der Waals surface area contributed by atoms with Gasteiger partial charge in [-0.3, -0.25) is 9.58 Å². The van der Waals surface area contributed by atoms with Gasteiger partial charge in [0.15, 0.2) is 0 Å². The van der Waals surface area contributed by atoms with Crippen LogP contribution in [0.15, 0.2) is 67.5 Å². The maximum Gasteiger partial charge on any atom is 0.212 e. The molecule has 0 saturated carbocycles. The summed E-state index contributed by atoms with van der Waals surface area (Å²) < 4.78 is 16.5. The Kier molecular flexibility index (Phi) is 5.76. The Balaban J connectivity index is 1.10. The number of anilines is 1. The number of aromatic nitrogens is 6. The van der Waals surface area contributed by atoms with Gasteiger partial charge in [0.1, 0.15) is 11.9 Å². The summed E-state index contributed by atoms with van der Waals surface area (Å²) in [5.41, 5.74) is 5.76. The van der Waals surface area contributed by atoms with Gasteiger partial charge in [-0.25, -0.2) is 14.5 Å². The van der Waals surface area contributed by atoms with Gasteiger partial charge in [-0.15, -0.1) is 0 Å². The van der Waals surface area contributed by atoms with Gasteiger partial charge < -0.3 is 4.90 Å². The van der Waals surface area contributed by atoms with E-state index in [0.29, 0.717) is 24.2 Å². The van der Waals surface area contributed by atoms with E-state index in [1.165, 1.54) is 12.3 Å². The minimum Gasteiger partial charge on any atom is -0.353 e. The zero-order chi connectivity index (χ0) is 27.2. The van der Waals surface area contributed by atoms with Crippen molar-refractivity contribution < 1.29 is 4.39 Å². The molecule has 40 heavy (non-hydrogen) atoms. The SMILES string of the molecule is Cn1cc(-c2cc(-c3ccc(N4CC5CC(C4)N5CC#Cc4ccc(F)nc4)nc3)c3c(C#N)cnn3c2)cn1. The molecular weight excluding hydrogens is 505 g/mol. The molecule has 0 aromatic carbocycles. The minimum atomic E-state index is -0.495. The second-order valence-corrected chi connectivity index (χ2v) is 10.2. The van der Waals surface area contributed by atoms with Crippen LogP contribution in [0.3, 0.4) is 0 Å². The third-order valence-corrected chi connectivity index (χ3v) is 7.72. The van der Waals surface area contributed by atoms with E-state index in [1.54, 1.807) is 21.5 Å². The van der Waals surface area contributed by atoms with Crippen molar-refractivity contribution in [2.24, 2.45) is 7.05 Å². The number of halogens is 1. The molecule has 0 aliphatic carbocycles. The number of pyridine rings is 3. The fraction of sp³-hybridized carbons (Fsp3) is 0.233. The lowest BCUT2D eigenvalue weighted by Crippen LogP contribution is -2.68. The first-order chi connectivity index (χ1) is 19.6. The summed E-state index contributed by atoms with van der Waals surface area (Å²) in [7, 11) is 1.89. The van der Waals surface area contributed by atoms with Crippen molar-refractivity contribution in [2.45, 2.75) is 18.5 Å². The number of hydrogen-bond donors (Lipinski definition) is 0. The highest BCUT2D eigenvalue weighted by Gasteiger charge is 2.44. The lowest BCUT2D eigenvalue weighted by molar-refractivity contribution is 0.0125. The van der Waals surface area contributed by atoms with Gasteiger partial charge in [-0.2, -0.15) is 19.8 Å². The number of nitriles is 1. The van der Waals surface area contributed by atoms with Crippen LogP contribution in [0.5, 0.6) is 0 Å². The van der Waals surface area contributed by atoms with Gasteiger partial charge >= 0.3 is 0 Å². The third-order valence-electron chi connectivity index (χ3n) is 7.72. The number of rotatable bonds is 4. The molecule has 3 aliphatic rings. The first kappa shape index (κ1) is 24.0. The summed E-state index contributed by atoms with van der Waals surface area (Å²) in [6.07, 6.45) is 11.8. The Labute approximate surface area is 230 Å². The maximum atomic E-state index is 13.0. The molecule has 5 aromatic rings. The van der Waals surface area contributed by atoms with Gasteiger partial charge in [-0.05, 0) is 36.8 Å². The normalized spacial score (nSPS) is 18.2. The predicted molar refractivity (Wildman–Crippen MR) is 148 cm³/mol. The molecule has 2 bridgehead atoms. The van der Waals surface area contributed by atoms with Crippen molar-refractivity contribution in [3.63, 3.8) is 0 Å². The number of hydrogen-bond acceptors (Lipinski definition) is 7. The zero-order valence-corrected chi connectivity index (χ0v) is 21.7. The number of nitrogens with zero attached hydrogens (tertiary/aromatic N) is 9. The molecule has 0 N–H and O–H groups in total. The Bertz CT molecular complexity index is 1810. The highest BCUT2D eigenvalue weighted by molar-refractivity contribution is 5.87. The molecule has 0 amide bonds. The second-order valence-electron chi connectivity index (χ2n) is 10.2. The molecule has 3 saturated heterocycles. The molecule has 8 rings (SSSR count). The van der Waals surface area contributed by atoms with Gasteiger partial charge in [0.25, 0.3) is 0 Å². The molecular formula is C30H24FN9. The zero-order valence-electron chi connectivity index (χ0n) is 21.7. The Morgan fingerprint density at radius 1 is 0.950 bits per heavy atom. The topological polar surface area (TPSA) is 91.2 Å². The van der Waals surface area contributed by atoms with E-state index >= 15 is 0 Å². The van der Waals surface area contributed by atoms with E-state index in [-0.39, 0.29) is 0 Å². The molecule has 9 nitrogen and oxygen atoms in total. The van der Waals surface area contributed by atoms with Gasteiger partial charge in [0.2, 0.25) is 5.95 Å². The lowest BCUT2D eigenvalue weighted by Gasteiger charge is -2.56. The van der Waals surface area contributed by atoms with Crippen molar-refractivity contribution >= 4 is 11.3 Å². The van der Waals surface area contributed by atoms with Crippen LogP contribution < -0.4 is 4.90 Å². The van der Waals surface area contributed by atoms with Crippen LogP contribution in [0, 0.1) is 29.1 Å². The van der Waals surface area contributed by atoms with Gasteiger partial charge in [-0.1, -0.05) is 11.8 Å². The first-order valence-corrected chi connectivity index (χ1v) is 13.0. The van der Waals surface area contributed by atoms with Crippen LogP contribution in [-0.2, 0) is 7.05 Å². The van der Waals surface area contributed by atoms with E-state index in [2.05, 4.69) is 61.1 Å². The number of piperazine rings is 1. The summed E-state index contributed by atoms with van der Waals surface area (Å²) in [6, 6.07) is 12.3. The number of piperidine rings is 1. The van der Waals surface area contributed by atoms with E-state index in [0.717, 1.165) is 58.7 Å². The molecule has 0 radical (unpaired) electrons. The molecule has 5 aromatic heterocycles. The van der Waals surface area contributed by atoms with E-state index < -0.39 is 5.95 Å². The Morgan fingerprint density at radius 3 is 2.52 bits per heavy atom. The fourth-order valence-electron chi connectivity index (χ4n) is 5.70. The van der Waals surface area contributed by atoms with Crippen LogP contribution in [0.4, 0.5) is 10.2 Å². The molecule has 0 spiro atoms. The van der Waals surface area contributed by atoms with Crippen molar-refractivity contribution in [2.75, 3.05) is 24.5 Å². The number of fused-ring (bicyclic) bond motifs is 3. The van der Waals surface area contributed by atoms with Crippen LogP contribution in [-0.4, -0.2) is 66.0 Å². The van der Waals surface area contributed by atoms with Gasteiger partial charge in [0, 0.05) is 84.8 Å². The molecule has 196 valence electrons. The third kappa shape index (κ3) is 4.25. The van der Waals surface area contributed by atoms with Crippen LogP contribution in [0.1, 0.15) is 17.5 Å². The minimum absolute atomic E-state index is 0.432. The summed E-state index contributed by atoms with van der Waals surface area (Å²) in [5.74, 6) is 6.74. The lowest BCUT2D eigenvalue weighted by atomic mass is 9.87. The summed E-state index contributed by atoms with van der Waals surface area (Å²) in [4.78, 5) is 13.3. The monoisotopic (exact) mass is 529 g/mol. The standard InChI is InChI=1S/C30H24FN9/c1-37-16-24(15-35-37)22-9-27(30-23(11-32)14-36-40(30)17-22)21-5-7-29(34-13-21)38-18-25-10-26(19-38)39(25)8-2-3-20-4-6-28(31)33-12-20/h4-7,9,12-17,25-26H,8,10,18-19H2,1H3. The highest BCUT2D eigenvalue weighted by Crippen LogP contribution is 2.35.